The maximum absolute atomic E-state index is 11.4. The number of rotatable bonds is 5. The summed E-state index contributed by atoms with van der Waals surface area (Å²) >= 11 is 5.52. The molecule has 2 N–H and O–H groups in total. The van der Waals surface area contributed by atoms with E-state index < -0.39 is 0 Å². The van der Waals surface area contributed by atoms with E-state index in [1.165, 1.54) is 12.5 Å². The molecular weight excluding hydrogens is 326 g/mol. The quantitative estimate of drug-likeness (QED) is 0.787. The number of amides is 1. The van der Waals surface area contributed by atoms with Gasteiger partial charge in [-0.05, 0) is 48.8 Å². The van der Waals surface area contributed by atoms with Crippen molar-refractivity contribution in [3.63, 3.8) is 0 Å². The van der Waals surface area contributed by atoms with Crippen molar-refractivity contribution in [2.75, 3.05) is 33.9 Å². The van der Waals surface area contributed by atoms with Gasteiger partial charge in [0.15, 0.2) is 16.6 Å². The van der Waals surface area contributed by atoms with Crippen LogP contribution in [0.25, 0.3) is 0 Å². The fourth-order valence-corrected chi connectivity index (χ4v) is 3.35. The molecule has 1 aliphatic heterocycles. The minimum absolute atomic E-state index is 0.0380. The summed E-state index contributed by atoms with van der Waals surface area (Å²) < 4.78 is 10.8. The van der Waals surface area contributed by atoms with Crippen LogP contribution in [-0.4, -0.2) is 49.8 Å². The van der Waals surface area contributed by atoms with Gasteiger partial charge in [-0.3, -0.25) is 4.79 Å². The first kappa shape index (κ1) is 18.3. The third-order valence-corrected chi connectivity index (χ3v) is 4.51. The largest absolute Gasteiger partial charge is 0.493 e. The van der Waals surface area contributed by atoms with Crippen molar-refractivity contribution in [1.82, 2.24) is 15.5 Å². The van der Waals surface area contributed by atoms with Crippen molar-refractivity contribution in [2.45, 2.75) is 26.3 Å². The smallest absolute Gasteiger partial charge is 0.216 e. The minimum atomic E-state index is -0.0584. The Morgan fingerprint density at radius 3 is 2.54 bits per heavy atom. The van der Waals surface area contributed by atoms with Crippen LogP contribution in [0, 0.1) is 0 Å². The lowest BCUT2D eigenvalue weighted by Crippen LogP contribution is -2.48. The highest BCUT2D eigenvalue weighted by molar-refractivity contribution is 7.80. The highest BCUT2D eigenvalue weighted by Crippen LogP contribution is 2.37. The molecule has 1 aromatic carbocycles. The van der Waals surface area contributed by atoms with Crippen LogP contribution in [0.2, 0.25) is 0 Å². The molecule has 132 valence electrons. The summed E-state index contributed by atoms with van der Waals surface area (Å²) in [5.41, 5.74) is 2.30. The molecule has 6 nitrogen and oxygen atoms in total. The molecule has 0 radical (unpaired) electrons. The monoisotopic (exact) mass is 351 g/mol. The summed E-state index contributed by atoms with van der Waals surface area (Å²) in [7, 11) is 3.26. The van der Waals surface area contributed by atoms with E-state index in [1.54, 1.807) is 14.2 Å². The van der Waals surface area contributed by atoms with Crippen molar-refractivity contribution in [2.24, 2.45) is 0 Å². The number of benzene rings is 1. The highest BCUT2D eigenvalue weighted by Gasteiger charge is 2.30. The van der Waals surface area contributed by atoms with Gasteiger partial charge in [0.25, 0.3) is 0 Å². The number of hydrogen-bond acceptors (Lipinski definition) is 4. The Morgan fingerprint density at radius 1 is 1.29 bits per heavy atom. The predicted octanol–water partition coefficient (Wildman–Crippen LogP) is 1.63. The average molecular weight is 351 g/mol. The van der Waals surface area contributed by atoms with Gasteiger partial charge in [0.05, 0.1) is 20.3 Å². The normalized spacial score (nSPS) is 16.2. The van der Waals surface area contributed by atoms with Gasteiger partial charge in [-0.1, -0.05) is 0 Å². The van der Waals surface area contributed by atoms with Crippen LogP contribution in [0.4, 0.5) is 0 Å². The van der Waals surface area contributed by atoms with E-state index >= 15 is 0 Å². The van der Waals surface area contributed by atoms with E-state index in [9.17, 15) is 4.79 Å². The molecule has 1 atom stereocenters. The third kappa shape index (κ3) is 3.90. The zero-order chi connectivity index (χ0) is 17.7. The van der Waals surface area contributed by atoms with Crippen LogP contribution in [0.3, 0.4) is 0 Å². The molecule has 7 heteroatoms. The Hall–Kier alpha value is -2.02. The van der Waals surface area contributed by atoms with E-state index in [4.69, 9.17) is 21.7 Å². The van der Waals surface area contributed by atoms with Crippen molar-refractivity contribution < 1.29 is 14.3 Å². The van der Waals surface area contributed by atoms with Gasteiger partial charge in [-0.2, -0.15) is 0 Å². The molecule has 1 aliphatic rings. The standard InChI is InChI=1S/C17H25N3O3S/c1-5-18-17(24)20-7-6-12-8-15(22-3)16(23-4)9-13(12)14(20)10-19-11(2)21/h8-9,14H,5-7,10H2,1-4H3,(H,18,24)(H,19,21)/t14-/m1/s1. The minimum Gasteiger partial charge on any atom is -0.493 e. The fraction of sp³-hybridized carbons (Fsp3) is 0.529. The summed E-state index contributed by atoms with van der Waals surface area (Å²) in [4.78, 5) is 13.5. The number of thiocarbonyl (C=S) groups is 1. The van der Waals surface area contributed by atoms with Gasteiger partial charge in [-0.25, -0.2) is 0 Å². The molecular formula is C17H25N3O3S. The summed E-state index contributed by atoms with van der Waals surface area (Å²) in [6.07, 6.45) is 0.859. The number of nitrogens with zero attached hydrogens (tertiary/aromatic N) is 1. The third-order valence-electron chi connectivity index (χ3n) is 4.14. The first-order valence-corrected chi connectivity index (χ1v) is 8.46. The molecule has 0 aromatic heterocycles. The molecule has 1 amide bonds. The number of carbonyl (C=O) groups is 1. The van der Waals surface area contributed by atoms with Crippen LogP contribution in [0.5, 0.6) is 11.5 Å². The zero-order valence-corrected chi connectivity index (χ0v) is 15.5. The number of ether oxygens (including phenoxy) is 2. The maximum atomic E-state index is 11.4. The lowest BCUT2D eigenvalue weighted by molar-refractivity contribution is -0.119. The Balaban J connectivity index is 2.41. The Kier molecular flexibility index (Phi) is 6.25. The SMILES string of the molecule is CCNC(=S)N1CCc2cc(OC)c(OC)cc2[C@H]1CNC(C)=O. The molecule has 0 bridgehead atoms. The molecule has 1 heterocycles. The van der Waals surface area contributed by atoms with Gasteiger partial charge in [0, 0.05) is 26.6 Å². The number of fused-ring (bicyclic) bond motifs is 1. The summed E-state index contributed by atoms with van der Waals surface area (Å²) in [6, 6.07) is 3.97. The van der Waals surface area contributed by atoms with Crippen LogP contribution in [0.15, 0.2) is 12.1 Å². The van der Waals surface area contributed by atoms with Gasteiger partial charge in [0.2, 0.25) is 5.91 Å². The Bertz CT molecular complexity index is 621. The average Bonchev–Trinajstić information content (AvgIpc) is 2.58. The molecule has 0 spiro atoms. The van der Waals surface area contributed by atoms with E-state index in [0.717, 1.165) is 30.8 Å². The van der Waals surface area contributed by atoms with Crippen molar-refractivity contribution in [1.29, 1.82) is 0 Å². The Morgan fingerprint density at radius 2 is 1.96 bits per heavy atom. The molecule has 0 unspecified atom stereocenters. The van der Waals surface area contributed by atoms with Crippen LogP contribution >= 0.6 is 12.2 Å². The Labute approximate surface area is 148 Å². The van der Waals surface area contributed by atoms with Gasteiger partial charge in [0.1, 0.15) is 0 Å². The van der Waals surface area contributed by atoms with Gasteiger partial charge < -0.3 is 25.0 Å². The van der Waals surface area contributed by atoms with Crippen molar-refractivity contribution in [3.05, 3.63) is 23.3 Å². The number of methoxy groups -OCH3 is 2. The molecule has 0 saturated carbocycles. The molecule has 0 aliphatic carbocycles. The second kappa shape index (κ2) is 8.19. The first-order chi connectivity index (χ1) is 11.5. The van der Waals surface area contributed by atoms with Crippen LogP contribution in [0.1, 0.15) is 31.0 Å². The maximum Gasteiger partial charge on any atom is 0.216 e. The molecule has 1 aromatic rings. The lowest BCUT2D eigenvalue weighted by Gasteiger charge is -2.39. The molecule has 0 fully saturated rings. The molecule has 24 heavy (non-hydrogen) atoms. The highest BCUT2D eigenvalue weighted by atomic mass is 32.1. The second-order valence-electron chi connectivity index (χ2n) is 5.64. The molecule has 2 rings (SSSR count). The van der Waals surface area contributed by atoms with Crippen LogP contribution < -0.4 is 20.1 Å². The van der Waals surface area contributed by atoms with E-state index in [1.807, 2.05) is 19.1 Å². The van der Waals surface area contributed by atoms with Gasteiger partial charge in [-0.15, -0.1) is 0 Å². The topological polar surface area (TPSA) is 62.8 Å². The lowest BCUT2D eigenvalue weighted by atomic mass is 9.92. The fourth-order valence-electron chi connectivity index (χ4n) is 2.98. The second-order valence-corrected chi connectivity index (χ2v) is 6.02. The van der Waals surface area contributed by atoms with Crippen molar-refractivity contribution >= 4 is 23.2 Å². The molecule has 0 saturated heterocycles. The summed E-state index contributed by atoms with van der Waals surface area (Å²) in [5.74, 6) is 1.34. The zero-order valence-electron chi connectivity index (χ0n) is 14.6. The predicted molar refractivity (Wildman–Crippen MR) is 97.7 cm³/mol. The van der Waals surface area contributed by atoms with Gasteiger partial charge >= 0.3 is 0 Å². The summed E-state index contributed by atoms with van der Waals surface area (Å²) in [6.45, 7) is 5.58. The number of hydrogen-bond donors (Lipinski definition) is 2. The number of carbonyl (C=O) groups excluding carboxylic acids is 1. The number of nitrogens with one attached hydrogen (secondary N) is 2. The summed E-state index contributed by atoms with van der Waals surface area (Å²) in [5, 5.41) is 6.81. The van der Waals surface area contributed by atoms with Crippen LogP contribution in [-0.2, 0) is 11.2 Å². The van der Waals surface area contributed by atoms with E-state index in [2.05, 4.69) is 15.5 Å². The first-order valence-electron chi connectivity index (χ1n) is 8.05. The van der Waals surface area contributed by atoms with E-state index in [0.29, 0.717) is 17.4 Å². The van der Waals surface area contributed by atoms with E-state index in [-0.39, 0.29) is 11.9 Å². The van der Waals surface area contributed by atoms with Crippen molar-refractivity contribution in [3.8, 4) is 11.5 Å².